The van der Waals surface area contributed by atoms with Crippen LogP contribution in [0.5, 0.6) is 5.75 Å². The summed E-state index contributed by atoms with van der Waals surface area (Å²) in [6.07, 6.45) is 0.678. The minimum atomic E-state index is -0.154. The van der Waals surface area contributed by atoms with Crippen molar-refractivity contribution in [1.29, 1.82) is 0 Å². The molecule has 0 aliphatic rings. The van der Waals surface area contributed by atoms with E-state index in [-0.39, 0.29) is 5.91 Å². The molecule has 0 bridgehead atoms. The average Bonchev–Trinajstić information content (AvgIpc) is 3.16. The van der Waals surface area contributed by atoms with Gasteiger partial charge < -0.3 is 15.0 Å². The molecule has 0 fully saturated rings. The van der Waals surface area contributed by atoms with E-state index in [4.69, 9.17) is 27.9 Å². The van der Waals surface area contributed by atoms with Crippen LogP contribution in [0.3, 0.4) is 0 Å². The lowest BCUT2D eigenvalue weighted by molar-refractivity contribution is 0.0954. The third-order valence-electron chi connectivity index (χ3n) is 4.82. The van der Waals surface area contributed by atoms with Crippen molar-refractivity contribution in [1.82, 2.24) is 15.3 Å². The third-order valence-corrected chi connectivity index (χ3v) is 5.45. The van der Waals surface area contributed by atoms with Crippen LogP contribution in [0.2, 0.25) is 10.0 Å². The minimum Gasteiger partial charge on any atom is -0.496 e. The summed E-state index contributed by atoms with van der Waals surface area (Å²) in [5.41, 5.74) is 3.69. The van der Waals surface area contributed by atoms with Crippen LogP contribution < -0.4 is 10.1 Å². The molecule has 5 nitrogen and oxygen atoms in total. The average molecular weight is 440 g/mol. The van der Waals surface area contributed by atoms with E-state index in [1.807, 2.05) is 24.3 Å². The van der Waals surface area contributed by atoms with Crippen LogP contribution in [0.4, 0.5) is 0 Å². The number of ether oxygens (including phenoxy) is 1. The molecule has 1 heterocycles. The number of methoxy groups -OCH3 is 1. The Kier molecular flexibility index (Phi) is 5.93. The smallest absolute Gasteiger partial charge is 0.251 e. The van der Waals surface area contributed by atoms with Gasteiger partial charge in [0.05, 0.1) is 33.8 Å². The summed E-state index contributed by atoms with van der Waals surface area (Å²) >= 11 is 12.6. The molecule has 0 aliphatic heterocycles. The molecule has 3 aromatic carbocycles. The fourth-order valence-electron chi connectivity index (χ4n) is 3.32. The van der Waals surface area contributed by atoms with Crippen molar-refractivity contribution in [2.45, 2.75) is 6.42 Å². The first kappa shape index (κ1) is 20.3. The number of halogens is 2. The van der Waals surface area contributed by atoms with Crippen molar-refractivity contribution in [2.24, 2.45) is 0 Å². The maximum Gasteiger partial charge on any atom is 0.251 e. The van der Waals surface area contributed by atoms with Gasteiger partial charge in [-0.1, -0.05) is 47.5 Å². The van der Waals surface area contributed by atoms with E-state index < -0.39 is 0 Å². The van der Waals surface area contributed by atoms with Crippen molar-refractivity contribution >= 4 is 40.1 Å². The van der Waals surface area contributed by atoms with Gasteiger partial charge in [0.25, 0.3) is 5.91 Å². The molecule has 0 aliphatic carbocycles. The fourth-order valence-corrected chi connectivity index (χ4v) is 3.89. The zero-order valence-electron chi connectivity index (χ0n) is 16.2. The molecule has 1 amide bonds. The van der Waals surface area contributed by atoms with Crippen LogP contribution in [0.15, 0.2) is 60.7 Å². The van der Waals surface area contributed by atoms with Gasteiger partial charge in [-0.05, 0) is 48.4 Å². The maximum absolute atomic E-state index is 12.6. The maximum atomic E-state index is 12.6. The van der Waals surface area contributed by atoms with Crippen LogP contribution in [0, 0.1) is 0 Å². The molecule has 30 heavy (non-hydrogen) atoms. The summed E-state index contributed by atoms with van der Waals surface area (Å²) in [6.45, 7) is 0.501. The summed E-state index contributed by atoms with van der Waals surface area (Å²) in [5.74, 6) is 1.23. The molecular formula is C23H19Cl2N3O2. The normalized spacial score (nSPS) is 10.9. The van der Waals surface area contributed by atoms with E-state index in [9.17, 15) is 4.79 Å². The first-order valence-corrected chi connectivity index (χ1v) is 10.2. The lowest BCUT2D eigenvalue weighted by Crippen LogP contribution is -2.25. The van der Waals surface area contributed by atoms with E-state index >= 15 is 0 Å². The van der Waals surface area contributed by atoms with Gasteiger partial charge in [-0.3, -0.25) is 4.79 Å². The van der Waals surface area contributed by atoms with Crippen molar-refractivity contribution in [3.63, 3.8) is 0 Å². The van der Waals surface area contributed by atoms with Gasteiger partial charge in [0, 0.05) is 12.1 Å². The predicted molar refractivity (Wildman–Crippen MR) is 121 cm³/mol. The van der Waals surface area contributed by atoms with Gasteiger partial charge in [0.2, 0.25) is 0 Å². The van der Waals surface area contributed by atoms with Gasteiger partial charge in [0.15, 0.2) is 0 Å². The SMILES string of the molecule is COc1ccccc1CCNC(=O)c1ccc2nc(-c3c(Cl)cccc3Cl)[nH]c2c1. The molecule has 0 saturated carbocycles. The van der Waals surface area contributed by atoms with Crippen LogP contribution in [-0.4, -0.2) is 29.5 Å². The third kappa shape index (κ3) is 4.13. The molecule has 4 aromatic rings. The van der Waals surface area contributed by atoms with Gasteiger partial charge in [0.1, 0.15) is 11.6 Å². The number of carbonyl (C=O) groups excluding carboxylic acids is 1. The molecule has 2 N–H and O–H groups in total. The number of imidazole rings is 1. The van der Waals surface area contributed by atoms with Crippen LogP contribution in [0.25, 0.3) is 22.4 Å². The number of amides is 1. The highest BCUT2D eigenvalue weighted by Crippen LogP contribution is 2.33. The standard InChI is InChI=1S/C23H19Cl2N3O2/c1-30-20-8-3-2-5-14(20)11-12-26-23(29)15-9-10-18-19(13-15)28-22(27-18)21-16(24)6-4-7-17(21)25/h2-10,13H,11-12H2,1H3,(H,26,29)(H,27,28). The summed E-state index contributed by atoms with van der Waals surface area (Å²) in [4.78, 5) is 20.4. The number of para-hydroxylation sites is 1. The predicted octanol–water partition coefficient (Wildman–Crippen LogP) is 5.52. The van der Waals surface area contributed by atoms with Gasteiger partial charge >= 0.3 is 0 Å². The van der Waals surface area contributed by atoms with Gasteiger partial charge in [-0.2, -0.15) is 0 Å². The van der Waals surface area contributed by atoms with Gasteiger partial charge in [-0.15, -0.1) is 0 Å². The lowest BCUT2D eigenvalue weighted by atomic mass is 10.1. The first-order valence-electron chi connectivity index (χ1n) is 9.41. The molecule has 0 saturated heterocycles. The zero-order valence-corrected chi connectivity index (χ0v) is 17.7. The quantitative estimate of drug-likeness (QED) is 0.415. The summed E-state index contributed by atoms with van der Waals surface area (Å²) < 4.78 is 5.35. The number of H-pyrrole nitrogens is 1. The molecule has 0 spiro atoms. The van der Waals surface area contributed by atoms with E-state index in [1.54, 1.807) is 43.5 Å². The van der Waals surface area contributed by atoms with Crippen LogP contribution in [-0.2, 0) is 6.42 Å². The fraction of sp³-hybridized carbons (Fsp3) is 0.130. The second kappa shape index (κ2) is 8.78. The van der Waals surface area contributed by atoms with Gasteiger partial charge in [-0.25, -0.2) is 4.98 Å². The Hall–Kier alpha value is -3.02. The number of hydrogen-bond acceptors (Lipinski definition) is 3. The van der Waals surface area contributed by atoms with Crippen molar-refractivity contribution in [2.75, 3.05) is 13.7 Å². The second-order valence-corrected chi connectivity index (χ2v) is 7.55. The molecule has 0 atom stereocenters. The van der Waals surface area contributed by atoms with Crippen molar-refractivity contribution < 1.29 is 9.53 Å². The van der Waals surface area contributed by atoms with Crippen molar-refractivity contribution in [3.05, 3.63) is 81.8 Å². The highest BCUT2D eigenvalue weighted by Gasteiger charge is 2.14. The number of fused-ring (bicyclic) bond motifs is 1. The monoisotopic (exact) mass is 439 g/mol. The lowest BCUT2D eigenvalue weighted by Gasteiger charge is -2.09. The molecule has 152 valence electrons. The number of rotatable bonds is 6. The molecule has 1 aromatic heterocycles. The number of aromatic amines is 1. The largest absolute Gasteiger partial charge is 0.496 e. The molecule has 7 heteroatoms. The number of hydrogen-bond donors (Lipinski definition) is 2. The molecule has 0 radical (unpaired) electrons. The summed E-state index contributed by atoms with van der Waals surface area (Å²) in [5, 5.41) is 3.97. The Labute approximate surface area is 184 Å². The Balaban J connectivity index is 1.50. The van der Waals surface area contributed by atoms with E-state index in [1.165, 1.54) is 0 Å². The van der Waals surface area contributed by atoms with E-state index in [0.29, 0.717) is 40.0 Å². The molecular weight excluding hydrogens is 421 g/mol. The zero-order chi connectivity index (χ0) is 21.1. The van der Waals surface area contributed by atoms with Crippen LogP contribution >= 0.6 is 23.2 Å². The van der Waals surface area contributed by atoms with E-state index in [2.05, 4.69) is 15.3 Å². The minimum absolute atomic E-state index is 0.154. The van der Waals surface area contributed by atoms with Crippen molar-refractivity contribution in [3.8, 4) is 17.1 Å². The second-order valence-electron chi connectivity index (χ2n) is 6.73. The first-order chi connectivity index (χ1) is 14.6. The number of nitrogens with one attached hydrogen (secondary N) is 2. The number of benzene rings is 3. The van der Waals surface area contributed by atoms with E-state index in [0.717, 1.165) is 22.3 Å². The number of nitrogens with zero attached hydrogens (tertiary/aromatic N) is 1. The highest BCUT2D eigenvalue weighted by molar-refractivity contribution is 6.39. The highest BCUT2D eigenvalue weighted by atomic mass is 35.5. The summed E-state index contributed by atoms with van der Waals surface area (Å²) in [7, 11) is 1.64. The Bertz CT molecular complexity index is 1200. The molecule has 4 rings (SSSR count). The topological polar surface area (TPSA) is 67.0 Å². The number of carbonyl (C=O) groups is 1. The number of aromatic nitrogens is 2. The Morgan fingerprint density at radius 2 is 1.83 bits per heavy atom. The molecule has 0 unspecified atom stereocenters. The Morgan fingerprint density at radius 3 is 2.60 bits per heavy atom. The summed E-state index contributed by atoms with van der Waals surface area (Å²) in [6, 6.07) is 18.4. The Morgan fingerprint density at radius 1 is 1.07 bits per heavy atom. The van der Waals surface area contributed by atoms with Crippen LogP contribution in [0.1, 0.15) is 15.9 Å².